The van der Waals surface area contributed by atoms with E-state index in [1.54, 1.807) is 7.11 Å². The summed E-state index contributed by atoms with van der Waals surface area (Å²) in [5.74, 6) is 0.965. The summed E-state index contributed by atoms with van der Waals surface area (Å²) in [5, 5.41) is 9.84. The molecule has 0 aliphatic carbocycles. The Kier molecular flexibility index (Phi) is 4.85. The lowest BCUT2D eigenvalue weighted by atomic mass is 9.94. The minimum absolute atomic E-state index is 0.158. The van der Waals surface area contributed by atoms with Crippen LogP contribution in [0.15, 0.2) is 21.2 Å². The van der Waals surface area contributed by atoms with Crippen molar-refractivity contribution in [2.24, 2.45) is 26.7 Å². The zero-order chi connectivity index (χ0) is 20.9. The molecule has 4 atom stereocenters. The zero-order valence-corrected chi connectivity index (χ0v) is 17.4. The van der Waals surface area contributed by atoms with Gasteiger partial charge in [0.25, 0.3) is 0 Å². The molecule has 1 aromatic carbocycles. The molecule has 29 heavy (non-hydrogen) atoms. The van der Waals surface area contributed by atoms with Crippen LogP contribution in [0.2, 0.25) is 5.02 Å². The number of nitrogens with one attached hydrogen (secondary N) is 1. The summed E-state index contributed by atoms with van der Waals surface area (Å²) >= 11 is 6.56. The number of rotatable bonds is 4. The molecule has 154 valence electrons. The van der Waals surface area contributed by atoms with Crippen molar-refractivity contribution in [2.75, 3.05) is 13.7 Å². The predicted octanol–water partition coefficient (Wildman–Crippen LogP) is 2.53. The van der Waals surface area contributed by atoms with Crippen molar-refractivity contribution < 1.29 is 14.3 Å². The molecule has 4 unspecified atom stereocenters. The van der Waals surface area contributed by atoms with E-state index in [1.807, 2.05) is 31.8 Å². The number of hydrogen-bond acceptors (Lipinski definition) is 8. The molecule has 3 aliphatic rings. The van der Waals surface area contributed by atoms with Crippen molar-refractivity contribution in [1.29, 1.82) is 0 Å². The molecule has 1 fully saturated rings. The Morgan fingerprint density at radius 3 is 2.86 bits per heavy atom. The summed E-state index contributed by atoms with van der Waals surface area (Å²) in [6.45, 7) is 6.16. The van der Waals surface area contributed by atoms with Gasteiger partial charge in [-0.1, -0.05) is 11.6 Å². The van der Waals surface area contributed by atoms with Crippen molar-refractivity contribution in [3.05, 3.63) is 27.8 Å². The number of amidine groups is 1. The first-order chi connectivity index (χ1) is 13.8. The molecule has 9 nitrogen and oxygen atoms in total. The molecule has 3 aliphatic heterocycles. The number of methoxy groups -OCH3 is 1. The number of nitrogens with zero attached hydrogens (tertiary/aromatic N) is 4. The first-order valence-electron chi connectivity index (χ1n) is 9.33. The average Bonchev–Trinajstić information content (AvgIpc) is 3.27. The van der Waals surface area contributed by atoms with Crippen LogP contribution >= 0.6 is 11.6 Å². The lowest BCUT2D eigenvalue weighted by molar-refractivity contribution is 0.138. The molecule has 0 bridgehead atoms. The molecular formula is C19H23ClN6O3. The van der Waals surface area contributed by atoms with Gasteiger partial charge in [0.2, 0.25) is 0 Å². The Hall–Kier alpha value is -2.81. The highest BCUT2D eigenvalue weighted by Gasteiger charge is 2.42. The predicted molar refractivity (Wildman–Crippen MR) is 111 cm³/mol. The maximum absolute atomic E-state index is 11.6. The van der Waals surface area contributed by atoms with E-state index in [1.165, 1.54) is 6.34 Å². The van der Waals surface area contributed by atoms with Crippen molar-refractivity contribution in [3.63, 3.8) is 0 Å². The Morgan fingerprint density at radius 1 is 1.45 bits per heavy atom. The molecule has 1 aromatic rings. The van der Waals surface area contributed by atoms with Crippen molar-refractivity contribution in [2.45, 2.75) is 39.1 Å². The Labute approximate surface area is 173 Å². The van der Waals surface area contributed by atoms with Gasteiger partial charge >= 0.3 is 6.09 Å². The van der Waals surface area contributed by atoms with Gasteiger partial charge in [-0.15, -0.1) is 0 Å². The van der Waals surface area contributed by atoms with Crippen LogP contribution < -0.4 is 15.8 Å². The smallest absolute Gasteiger partial charge is 0.407 e. The highest BCUT2D eigenvalue weighted by molar-refractivity contribution is 6.31. The van der Waals surface area contributed by atoms with E-state index in [0.29, 0.717) is 23.2 Å². The van der Waals surface area contributed by atoms with Gasteiger partial charge in [0.05, 0.1) is 25.6 Å². The summed E-state index contributed by atoms with van der Waals surface area (Å²) in [5.41, 5.74) is 9.33. The standard InChI is InChI=1S/C19H23ClN6O3/c1-8-12(20)5-11(16(28-4)14(8)13-6-22-19(27)29-13)10(3)26-18-15(9(2)25-26)17(21)23-7-24-18/h5,7,10,13,15,18H,6H2,1-4H3,(H,22,27)(H2,21,23,24). The fraction of sp³-hybridized carbons (Fsp3) is 0.474. The minimum atomic E-state index is -0.478. The third-order valence-corrected chi connectivity index (χ3v) is 6.04. The highest BCUT2D eigenvalue weighted by atomic mass is 35.5. The van der Waals surface area contributed by atoms with Crippen molar-refractivity contribution >= 4 is 35.6 Å². The van der Waals surface area contributed by atoms with Crippen molar-refractivity contribution in [3.8, 4) is 5.75 Å². The summed E-state index contributed by atoms with van der Waals surface area (Å²) in [6.07, 6.45) is 0.259. The fourth-order valence-corrected chi connectivity index (χ4v) is 4.36. The first-order valence-corrected chi connectivity index (χ1v) is 9.70. The average molecular weight is 419 g/mol. The van der Waals surface area contributed by atoms with Crippen molar-refractivity contribution in [1.82, 2.24) is 10.3 Å². The lowest BCUT2D eigenvalue weighted by Gasteiger charge is -2.32. The number of benzene rings is 1. The number of aliphatic imine (C=N–C) groups is 2. The third-order valence-electron chi connectivity index (χ3n) is 5.64. The number of alkyl carbamates (subject to hydrolysis) is 1. The molecular weight excluding hydrogens is 396 g/mol. The highest BCUT2D eigenvalue weighted by Crippen LogP contribution is 2.44. The summed E-state index contributed by atoms with van der Waals surface area (Å²) < 4.78 is 11.2. The second-order valence-corrected chi connectivity index (χ2v) is 7.71. The molecule has 0 spiro atoms. The molecule has 3 heterocycles. The molecule has 0 aromatic heterocycles. The molecule has 10 heteroatoms. The van der Waals surface area contributed by atoms with Crippen LogP contribution in [-0.2, 0) is 4.74 Å². The summed E-state index contributed by atoms with van der Waals surface area (Å²) in [7, 11) is 1.59. The lowest BCUT2D eigenvalue weighted by Crippen LogP contribution is -2.42. The Morgan fingerprint density at radius 2 is 2.21 bits per heavy atom. The van der Waals surface area contributed by atoms with Crippen LogP contribution in [0, 0.1) is 12.8 Å². The monoisotopic (exact) mass is 418 g/mol. The Bertz CT molecular complexity index is 960. The number of fused-ring (bicyclic) bond motifs is 1. The largest absolute Gasteiger partial charge is 0.496 e. The topological polar surface area (TPSA) is 114 Å². The second kappa shape index (κ2) is 7.22. The zero-order valence-electron chi connectivity index (χ0n) is 16.6. The van der Waals surface area contributed by atoms with Crippen LogP contribution in [0.25, 0.3) is 0 Å². The van der Waals surface area contributed by atoms with E-state index in [9.17, 15) is 4.79 Å². The van der Waals surface area contributed by atoms with Crippen LogP contribution in [0.5, 0.6) is 5.75 Å². The number of cyclic esters (lactones) is 1. The van der Waals surface area contributed by atoms with Gasteiger partial charge in [-0.3, -0.25) is 5.01 Å². The molecule has 1 saturated heterocycles. The number of carbonyl (C=O) groups is 1. The SMILES string of the molecule is COc1c(C(C)N2N=C(C)C3C(N)=NC=NC32)cc(Cl)c(C)c1C1CNC(=O)O1. The van der Waals surface area contributed by atoms with Gasteiger partial charge in [-0.25, -0.2) is 14.8 Å². The minimum Gasteiger partial charge on any atom is -0.496 e. The van der Waals surface area contributed by atoms with Gasteiger partial charge in [0.15, 0.2) is 6.17 Å². The van der Waals surface area contributed by atoms with Crippen LogP contribution in [-0.4, -0.2) is 48.8 Å². The van der Waals surface area contributed by atoms with E-state index in [2.05, 4.69) is 15.3 Å². The van der Waals surface area contributed by atoms with Gasteiger partial charge in [0.1, 0.15) is 24.0 Å². The Balaban J connectivity index is 1.77. The summed E-state index contributed by atoms with van der Waals surface area (Å²) in [6, 6.07) is 1.65. The number of ether oxygens (including phenoxy) is 2. The number of amides is 1. The number of hydrazone groups is 1. The van der Waals surface area contributed by atoms with E-state index in [4.69, 9.17) is 31.9 Å². The van der Waals surface area contributed by atoms with Crippen LogP contribution in [0.3, 0.4) is 0 Å². The van der Waals surface area contributed by atoms with Gasteiger partial charge < -0.3 is 20.5 Å². The molecule has 1 amide bonds. The summed E-state index contributed by atoms with van der Waals surface area (Å²) in [4.78, 5) is 20.2. The maximum atomic E-state index is 11.6. The van der Waals surface area contributed by atoms with Gasteiger partial charge in [-0.2, -0.15) is 5.10 Å². The normalized spacial score (nSPS) is 26.4. The van der Waals surface area contributed by atoms with Gasteiger partial charge in [0, 0.05) is 21.9 Å². The van der Waals surface area contributed by atoms with E-state index >= 15 is 0 Å². The molecule has 4 rings (SSSR count). The first kappa shape index (κ1) is 19.5. The third kappa shape index (κ3) is 3.09. The van der Waals surface area contributed by atoms with Crippen LogP contribution in [0.1, 0.15) is 42.7 Å². The van der Waals surface area contributed by atoms with Crippen LogP contribution in [0.4, 0.5) is 4.79 Å². The van der Waals surface area contributed by atoms with Gasteiger partial charge in [-0.05, 0) is 32.4 Å². The second-order valence-electron chi connectivity index (χ2n) is 7.30. The number of nitrogens with two attached hydrogens (primary N) is 1. The number of carbonyl (C=O) groups excluding carboxylic acids is 1. The molecule has 0 radical (unpaired) electrons. The number of halogens is 1. The quantitative estimate of drug-likeness (QED) is 0.779. The van der Waals surface area contributed by atoms with E-state index < -0.39 is 12.2 Å². The molecule has 0 saturated carbocycles. The number of hydrogen-bond donors (Lipinski definition) is 2. The van der Waals surface area contributed by atoms with E-state index in [-0.39, 0.29) is 18.1 Å². The van der Waals surface area contributed by atoms with E-state index in [0.717, 1.165) is 22.4 Å². The molecule has 3 N–H and O–H groups in total. The maximum Gasteiger partial charge on any atom is 0.407 e. The fourth-order valence-electron chi connectivity index (χ4n) is 4.14.